The van der Waals surface area contributed by atoms with Crippen LogP contribution in [0.3, 0.4) is 0 Å². The molecule has 1 amide bonds. The molecule has 182 valence electrons. The fraction of sp³-hybridized carbons (Fsp3) is 0.120. The molecule has 36 heavy (non-hydrogen) atoms. The standard InChI is InChI=1S/C25H23N7O3S/c1-2-21(22(33)26-19-14-9-15-20(16-19)32(34)35)36-25-30-23(27-17-10-5-3-6-11-17)29-24(31-25)28-18-12-7-4-8-13-18/h3-16,21H,2H2,1H3,(H,26,33)(H2,27,28,29,30,31). The molecule has 0 saturated heterocycles. The largest absolute Gasteiger partial charge is 0.325 e. The van der Waals surface area contributed by atoms with Gasteiger partial charge in [-0.15, -0.1) is 0 Å². The van der Waals surface area contributed by atoms with E-state index in [-0.39, 0.29) is 11.6 Å². The summed E-state index contributed by atoms with van der Waals surface area (Å²) in [6, 6.07) is 24.8. The second-order valence-electron chi connectivity index (χ2n) is 7.56. The Bertz CT molecular complexity index is 1280. The van der Waals surface area contributed by atoms with E-state index >= 15 is 0 Å². The Hall–Kier alpha value is -4.51. The Kier molecular flexibility index (Phi) is 8.04. The van der Waals surface area contributed by atoms with Crippen LogP contribution < -0.4 is 16.0 Å². The number of carbonyl (C=O) groups excluding carboxylic acids is 1. The van der Waals surface area contributed by atoms with Crippen LogP contribution in [0.5, 0.6) is 0 Å². The summed E-state index contributed by atoms with van der Waals surface area (Å²) >= 11 is 1.19. The maximum Gasteiger partial charge on any atom is 0.271 e. The van der Waals surface area contributed by atoms with E-state index in [0.717, 1.165) is 11.4 Å². The van der Waals surface area contributed by atoms with Crippen LogP contribution in [0, 0.1) is 10.1 Å². The third-order valence-electron chi connectivity index (χ3n) is 4.91. The average Bonchev–Trinajstić information content (AvgIpc) is 2.88. The molecule has 0 aliphatic heterocycles. The van der Waals surface area contributed by atoms with Crippen molar-refractivity contribution in [2.24, 2.45) is 0 Å². The number of amides is 1. The molecule has 0 spiro atoms. The number of non-ortho nitro benzene ring substituents is 1. The number of rotatable bonds is 10. The molecule has 10 nitrogen and oxygen atoms in total. The number of anilines is 5. The molecule has 4 rings (SSSR count). The monoisotopic (exact) mass is 501 g/mol. The van der Waals surface area contributed by atoms with Gasteiger partial charge in [-0.3, -0.25) is 14.9 Å². The number of nitrogens with zero attached hydrogens (tertiary/aromatic N) is 4. The Morgan fingerprint density at radius 1 is 0.861 bits per heavy atom. The molecule has 1 atom stereocenters. The Morgan fingerprint density at radius 2 is 1.42 bits per heavy atom. The van der Waals surface area contributed by atoms with Crippen LogP contribution >= 0.6 is 11.8 Å². The molecule has 11 heteroatoms. The molecular weight excluding hydrogens is 478 g/mol. The number of nitro benzene ring substituents is 1. The Labute approximate surface area is 211 Å². The summed E-state index contributed by atoms with van der Waals surface area (Å²) in [7, 11) is 0. The lowest BCUT2D eigenvalue weighted by atomic mass is 10.2. The lowest BCUT2D eigenvalue weighted by molar-refractivity contribution is -0.384. The smallest absolute Gasteiger partial charge is 0.271 e. The summed E-state index contributed by atoms with van der Waals surface area (Å²) in [4.78, 5) is 37.0. The third kappa shape index (κ3) is 6.76. The minimum atomic E-state index is -0.541. The van der Waals surface area contributed by atoms with Gasteiger partial charge in [0.1, 0.15) is 0 Å². The summed E-state index contributed by atoms with van der Waals surface area (Å²) in [6.07, 6.45) is 0.486. The van der Waals surface area contributed by atoms with E-state index in [2.05, 4.69) is 30.9 Å². The van der Waals surface area contributed by atoms with Crippen molar-refractivity contribution >= 4 is 52.3 Å². The van der Waals surface area contributed by atoms with Gasteiger partial charge in [-0.2, -0.15) is 15.0 Å². The first kappa shape index (κ1) is 24.6. The van der Waals surface area contributed by atoms with Gasteiger partial charge in [0, 0.05) is 29.2 Å². The quantitative estimate of drug-likeness (QED) is 0.140. The van der Waals surface area contributed by atoms with E-state index in [1.807, 2.05) is 67.6 Å². The number of benzene rings is 3. The SMILES string of the molecule is CCC(Sc1nc(Nc2ccccc2)nc(Nc2ccccc2)n1)C(=O)Nc1cccc([N+](=O)[O-])c1. The molecule has 0 radical (unpaired) electrons. The van der Waals surface area contributed by atoms with Crippen LogP contribution in [0.15, 0.2) is 90.1 Å². The predicted octanol–water partition coefficient (Wildman–Crippen LogP) is 5.78. The van der Waals surface area contributed by atoms with Crippen molar-refractivity contribution in [1.29, 1.82) is 0 Å². The first-order valence-electron chi connectivity index (χ1n) is 11.1. The molecule has 3 aromatic carbocycles. The third-order valence-corrected chi connectivity index (χ3v) is 6.14. The minimum Gasteiger partial charge on any atom is -0.325 e. The van der Waals surface area contributed by atoms with Gasteiger partial charge in [0.05, 0.1) is 10.2 Å². The van der Waals surface area contributed by atoms with Gasteiger partial charge in [-0.25, -0.2) is 0 Å². The Balaban J connectivity index is 1.56. The van der Waals surface area contributed by atoms with Crippen molar-refractivity contribution in [2.75, 3.05) is 16.0 Å². The number of carbonyl (C=O) groups is 1. The summed E-state index contributed by atoms with van der Waals surface area (Å²) in [6.45, 7) is 1.87. The summed E-state index contributed by atoms with van der Waals surface area (Å²) < 4.78 is 0. The highest BCUT2D eigenvalue weighted by Gasteiger charge is 2.21. The van der Waals surface area contributed by atoms with Crippen molar-refractivity contribution < 1.29 is 9.72 Å². The number of hydrogen-bond donors (Lipinski definition) is 3. The topological polar surface area (TPSA) is 135 Å². The zero-order chi connectivity index (χ0) is 25.3. The molecule has 1 aromatic heterocycles. The van der Waals surface area contributed by atoms with Gasteiger partial charge in [0.2, 0.25) is 17.8 Å². The lowest BCUT2D eigenvalue weighted by Crippen LogP contribution is -2.25. The number of hydrogen-bond acceptors (Lipinski definition) is 9. The number of nitrogens with one attached hydrogen (secondary N) is 3. The van der Waals surface area contributed by atoms with E-state index in [9.17, 15) is 14.9 Å². The van der Waals surface area contributed by atoms with Gasteiger partial charge in [-0.1, -0.05) is 61.2 Å². The zero-order valence-electron chi connectivity index (χ0n) is 19.3. The maximum atomic E-state index is 13.0. The molecular formula is C25H23N7O3S. The number of nitro groups is 1. The molecule has 1 heterocycles. The van der Waals surface area contributed by atoms with E-state index in [1.54, 1.807) is 6.07 Å². The summed E-state index contributed by atoms with van der Waals surface area (Å²) in [5.74, 6) is 0.343. The van der Waals surface area contributed by atoms with Crippen molar-refractivity contribution in [3.63, 3.8) is 0 Å². The van der Waals surface area contributed by atoms with Gasteiger partial charge < -0.3 is 16.0 Å². The van der Waals surface area contributed by atoms with Crippen molar-refractivity contribution in [2.45, 2.75) is 23.8 Å². The van der Waals surface area contributed by atoms with Crippen LogP contribution in [-0.2, 0) is 4.79 Å². The van der Waals surface area contributed by atoms with Crippen LogP contribution in [-0.4, -0.2) is 31.0 Å². The van der Waals surface area contributed by atoms with Gasteiger partial charge in [0.15, 0.2) is 5.16 Å². The van der Waals surface area contributed by atoms with Crippen LogP contribution in [0.1, 0.15) is 13.3 Å². The molecule has 0 saturated carbocycles. The lowest BCUT2D eigenvalue weighted by Gasteiger charge is -2.15. The van der Waals surface area contributed by atoms with Crippen LogP contribution in [0.2, 0.25) is 0 Å². The second-order valence-corrected chi connectivity index (χ2v) is 8.73. The number of thioether (sulfide) groups is 1. The highest BCUT2D eigenvalue weighted by molar-refractivity contribution is 8.00. The van der Waals surface area contributed by atoms with Crippen molar-refractivity contribution in [1.82, 2.24) is 15.0 Å². The minimum absolute atomic E-state index is 0.0979. The van der Waals surface area contributed by atoms with Crippen molar-refractivity contribution in [3.05, 3.63) is 95.0 Å². The zero-order valence-corrected chi connectivity index (χ0v) is 20.1. The summed E-state index contributed by atoms with van der Waals surface area (Å²) in [5.41, 5.74) is 1.86. The van der Waals surface area contributed by atoms with Crippen molar-refractivity contribution in [3.8, 4) is 0 Å². The maximum absolute atomic E-state index is 13.0. The van der Waals surface area contributed by atoms with E-state index in [4.69, 9.17) is 0 Å². The Morgan fingerprint density at radius 3 is 1.94 bits per heavy atom. The number of para-hydroxylation sites is 2. The van der Waals surface area contributed by atoms with E-state index in [0.29, 0.717) is 29.2 Å². The van der Waals surface area contributed by atoms with E-state index < -0.39 is 10.2 Å². The first-order valence-corrected chi connectivity index (χ1v) is 12.0. The van der Waals surface area contributed by atoms with Crippen LogP contribution in [0.4, 0.5) is 34.6 Å². The fourth-order valence-corrected chi connectivity index (χ4v) is 4.06. The number of aromatic nitrogens is 3. The normalized spacial score (nSPS) is 11.4. The highest BCUT2D eigenvalue weighted by atomic mass is 32.2. The van der Waals surface area contributed by atoms with Gasteiger partial charge in [0.25, 0.3) is 5.69 Å². The first-order chi connectivity index (χ1) is 17.5. The highest BCUT2D eigenvalue weighted by Crippen LogP contribution is 2.27. The molecule has 0 fully saturated rings. The molecule has 0 bridgehead atoms. The van der Waals surface area contributed by atoms with Crippen LogP contribution in [0.25, 0.3) is 0 Å². The predicted molar refractivity (Wildman–Crippen MR) is 141 cm³/mol. The molecule has 4 aromatic rings. The average molecular weight is 502 g/mol. The molecule has 0 aliphatic carbocycles. The summed E-state index contributed by atoms with van der Waals surface area (Å²) in [5, 5.41) is 19.9. The van der Waals surface area contributed by atoms with Gasteiger partial charge >= 0.3 is 0 Å². The fourth-order valence-electron chi connectivity index (χ4n) is 3.19. The molecule has 3 N–H and O–H groups in total. The van der Waals surface area contributed by atoms with Gasteiger partial charge in [-0.05, 0) is 36.8 Å². The molecule has 0 aliphatic rings. The molecule has 1 unspecified atom stereocenters. The second kappa shape index (κ2) is 11.8. The van der Waals surface area contributed by atoms with E-state index in [1.165, 1.54) is 30.0 Å².